The summed E-state index contributed by atoms with van der Waals surface area (Å²) in [6, 6.07) is 10.5. The third-order valence-electron chi connectivity index (χ3n) is 4.76. The molecule has 2 aromatic carbocycles. The van der Waals surface area contributed by atoms with Gasteiger partial charge in [0.25, 0.3) is 0 Å². The Kier molecular flexibility index (Phi) is 8.32. The van der Waals surface area contributed by atoms with Crippen LogP contribution in [0.1, 0.15) is 42.1 Å². The molecule has 0 fully saturated rings. The molecule has 5 nitrogen and oxygen atoms in total. The molecule has 0 bridgehead atoms. The molecule has 1 aromatic heterocycles. The molecule has 3 aromatic rings. The largest absolute Gasteiger partial charge is 0.462 e. The van der Waals surface area contributed by atoms with Gasteiger partial charge < -0.3 is 9.47 Å². The Labute approximate surface area is 193 Å². The zero-order valence-corrected chi connectivity index (χ0v) is 18.9. The van der Waals surface area contributed by atoms with Crippen molar-refractivity contribution in [3.8, 4) is 5.75 Å². The monoisotopic (exact) mass is 477 g/mol. The Balaban J connectivity index is 2.18. The highest BCUT2D eigenvalue weighted by Crippen LogP contribution is 2.38. The van der Waals surface area contributed by atoms with Gasteiger partial charge in [-0.05, 0) is 25.0 Å². The molecule has 1 atom stereocenters. The highest BCUT2D eigenvalue weighted by molar-refractivity contribution is 7.99. The number of hydrogen-bond donors (Lipinski definition) is 0. The number of halogens is 3. The molecular formula is C24H22F3NO4S. The topological polar surface area (TPSA) is 65.5 Å². The third kappa shape index (κ3) is 5.65. The van der Waals surface area contributed by atoms with Crippen molar-refractivity contribution in [2.24, 2.45) is 0 Å². The van der Waals surface area contributed by atoms with Gasteiger partial charge in [0.15, 0.2) is 17.4 Å². The van der Waals surface area contributed by atoms with E-state index in [0.717, 1.165) is 23.9 Å². The van der Waals surface area contributed by atoms with Crippen LogP contribution in [0.4, 0.5) is 13.2 Å². The molecule has 3 rings (SSSR count). The Hall–Kier alpha value is -3.07. The lowest BCUT2D eigenvalue weighted by Gasteiger charge is -2.18. The first-order valence-electron chi connectivity index (χ1n) is 10.3. The van der Waals surface area contributed by atoms with Gasteiger partial charge in [-0.3, -0.25) is 9.18 Å². The number of carbonyl (C=O) groups is 2. The zero-order chi connectivity index (χ0) is 24.0. The summed E-state index contributed by atoms with van der Waals surface area (Å²) >= 11 is 0.885. The third-order valence-corrected chi connectivity index (χ3v) is 5.69. The number of nitrogens with zero attached hydrogens (tertiary/aromatic N) is 1. The molecule has 0 aliphatic heterocycles. The lowest BCUT2D eigenvalue weighted by atomic mass is 10.0. The average Bonchev–Trinajstić information content (AvgIpc) is 2.82. The van der Waals surface area contributed by atoms with E-state index in [2.05, 4.69) is 4.98 Å². The predicted molar refractivity (Wildman–Crippen MR) is 119 cm³/mol. The molecule has 0 saturated carbocycles. The first-order chi connectivity index (χ1) is 15.9. The molecule has 0 aliphatic carbocycles. The van der Waals surface area contributed by atoms with Gasteiger partial charge in [-0.15, -0.1) is 11.8 Å². The Morgan fingerprint density at radius 3 is 2.48 bits per heavy atom. The summed E-state index contributed by atoms with van der Waals surface area (Å²) in [5, 5.41) is -0.0713. The molecule has 9 heteroatoms. The fraction of sp³-hybridized carbons (Fsp3) is 0.292. The van der Waals surface area contributed by atoms with Crippen LogP contribution >= 0.6 is 11.8 Å². The predicted octanol–water partition coefficient (Wildman–Crippen LogP) is 5.85. The second kappa shape index (κ2) is 11.2. The van der Waals surface area contributed by atoms with Crippen molar-refractivity contribution in [1.29, 1.82) is 0 Å². The second-order valence-electron chi connectivity index (χ2n) is 7.13. The number of ether oxygens (including phenoxy) is 2. The van der Waals surface area contributed by atoms with E-state index in [0.29, 0.717) is 12.0 Å². The van der Waals surface area contributed by atoms with Crippen LogP contribution in [0.15, 0.2) is 47.5 Å². The number of hydrogen-bond acceptors (Lipinski definition) is 6. The summed E-state index contributed by atoms with van der Waals surface area (Å²) in [6.45, 7) is 2.78. The standard InChI is InChI=1S/C24H22F3NO4S/c1-3-10-31-24(30)20-21(32-23(29)14(2)15-7-5-4-6-8-15)16-12-17(26)18(27)13-19(16)28-22(20)33-11-9-25/h4-8,12-14H,3,9-11H2,1-2H3/t14-/m1/s1. The fourth-order valence-corrected chi connectivity index (χ4v) is 3.82. The van der Waals surface area contributed by atoms with Gasteiger partial charge in [-0.2, -0.15) is 0 Å². The van der Waals surface area contributed by atoms with Crippen molar-refractivity contribution >= 4 is 34.6 Å². The van der Waals surface area contributed by atoms with Crippen LogP contribution in [0.3, 0.4) is 0 Å². The van der Waals surface area contributed by atoms with Crippen LogP contribution in [-0.4, -0.2) is 36.0 Å². The summed E-state index contributed by atoms with van der Waals surface area (Å²) in [7, 11) is 0. The van der Waals surface area contributed by atoms with E-state index in [-0.39, 0.29) is 39.6 Å². The SMILES string of the molecule is CCCOC(=O)c1c(SCCF)nc2cc(F)c(F)cc2c1OC(=O)[C@H](C)c1ccccc1. The minimum Gasteiger partial charge on any atom is -0.462 e. The molecule has 1 heterocycles. The van der Waals surface area contributed by atoms with Gasteiger partial charge in [0.1, 0.15) is 10.6 Å². The summed E-state index contributed by atoms with van der Waals surface area (Å²) in [6.07, 6.45) is 0.527. The van der Waals surface area contributed by atoms with Crippen molar-refractivity contribution in [3.63, 3.8) is 0 Å². The molecule has 174 valence electrons. The van der Waals surface area contributed by atoms with E-state index >= 15 is 0 Å². The smallest absolute Gasteiger partial charge is 0.344 e. The molecule has 0 aliphatic rings. The number of esters is 2. The summed E-state index contributed by atoms with van der Waals surface area (Å²) in [5.41, 5.74) is 0.395. The van der Waals surface area contributed by atoms with E-state index in [1.165, 1.54) is 0 Å². The van der Waals surface area contributed by atoms with Gasteiger partial charge >= 0.3 is 11.9 Å². The molecule has 0 radical (unpaired) electrons. The highest BCUT2D eigenvalue weighted by Gasteiger charge is 2.28. The molecule has 0 spiro atoms. The number of rotatable bonds is 9. The van der Waals surface area contributed by atoms with Crippen LogP contribution in [0.25, 0.3) is 10.9 Å². The number of fused-ring (bicyclic) bond motifs is 1. The maximum Gasteiger partial charge on any atom is 0.344 e. The molecule has 0 unspecified atom stereocenters. The maximum absolute atomic E-state index is 14.1. The van der Waals surface area contributed by atoms with Gasteiger partial charge in [0.05, 0.1) is 24.7 Å². The van der Waals surface area contributed by atoms with Crippen LogP contribution in [-0.2, 0) is 9.53 Å². The van der Waals surface area contributed by atoms with E-state index in [4.69, 9.17) is 9.47 Å². The van der Waals surface area contributed by atoms with Crippen LogP contribution in [0.5, 0.6) is 5.75 Å². The summed E-state index contributed by atoms with van der Waals surface area (Å²) in [4.78, 5) is 30.1. The van der Waals surface area contributed by atoms with Gasteiger partial charge in [0.2, 0.25) is 0 Å². The van der Waals surface area contributed by atoms with E-state index < -0.39 is 36.2 Å². The molecule has 0 saturated heterocycles. The average molecular weight is 478 g/mol. The number of alkyl halides is 1. The van der Waals surface area contributed by atoms with E-state index in [1.54, 1.807) is 44.2 Å². The molecular weight excluding hydrogens is 455 g/mol. The van der Waals surface area contributed by atoms with E-state index in [1.807, 2.05) is 0 Å². The van der Waals surface area contributed by atoms with Crippen LogP contribution in [0.2, 0.25) is 0 Å². The summed E-state index contributed by atoms with van der Waals surface area (Å²) < 4.78 is 51.8. The lowest BCUT2D eigenvalue weighted by molar-refractivity contribution is -0.135. The van der Waals surface area contributed by atoms with Gasteiger partial charge in [-0.1, -0.05) is 37.3 Å². The molecule has 0 N–H and O–H groups in total. The number of benzene rings is 2. The molecule has 0 amide bonds. The Bertz CT molecular complexity index is 1160. The Morgan fingerprint density at radius 2 is 1.82 bits per heavy atom. The van der Waals surface area contributed by atoms with Gasteiger partial charge in [-0.25, -0.2) is 18.6 Å². The second-order valence-corrected chi connectivity index (χ2v) is 8.22. The lowest BCUT2D eigenvalue weighted by Crippen LogP contribution is -2.20. The van der Waals surface area contributed by atoms with Crippen molar-refractivity contribution in [2.75, 3.05) is 19.0 Å². The number of thioether (sulfide) groups is 1. The first-order valence-corrected chi connectivity index (χ1v) is 11.3. The maximum atomic E-state index is 14.1. The fourth-order valence-electron chi connectivity index (χ4n) is 3.07. The van der Waals surface area contributed by atoms with Crippen molar-refractivity contribution in [1.82, 2.24) is 4.98 Å². The van der Waals surface area contributed by atoms with E-state index in [9.17, 15) is 22.8 Å². The van der Waals surface area contributed by atoms with Crippen molar-refractivity contribution in [3.05, 3.63) is 65.2 Å². The number of aromatic nitrogens is 1. The highest BCUT2D eigenvalue weighted by atomic mass is 32.2. The number of carbonyl (C=O) groups excluding carboxylic acids is 2. The van der Waals surface area contributed by atoms with Crippen molar-refractivity contribution in [2.45, 2.75) is 31.2 Å². The summed E-state index contributed by atoms with van der Waals surface area (Å²) in [5.74, 6) is -5.00. The quantitative estimate of drug-likeness (QED) is 0.285. The normalized spacial score (nSPS) is 11.9. The van der Waals surface area contributed by atoms with Crippen LogP contribution in [0, 0.1) is 11.6 Å². The number of pyridine rings is 1. The minimum absolute atomic E-state index is 0.00225. The molecule has 33 heavy (non-hydrogen) atoms. The Morgan fingerprint density at radius 1 is 1.12 bits per heavy atom. The minimum atomic E-state index is -1.20. The van der Waals surface area contributed by atoms with Crippen molar-refractivity contribution < 1.29 is 32.2 Å². The zero-order valence-electron chi connectivity index (χ0n) is 18.1. The van der Waals surface area contributed by atoms with Crippen LogP contribution < -0.4 is 4.74 Å². The first kappa shape index (κ1) is 24.6. The van der Waals surface area contributed by atoms with Gasteiger partial charge in [0, 0.05) is 17.2 Å².